The molecule has 0 spiro atoms. The molecule has 20 nitrogen and oxygen atoms in total. The highest BCUT2D eigenvalue weighted by Crippen LogP contribution is 2.59. The van der Waals surface area contributed by atoms with Crippen LogP contribution >= 0.6 is 0 Å². The largest absolute Gasteiger partial charge is 0.457 e. The van der Waals surface area contributed by atoms with E-state index in [-0.39, 0.29) is 106 Å². The van der Waals surface area contributed by atoms with Crippen molar-refractivity contribution >= 4 is 78.5 Å². The first kappa shape index (κ1) is 77.3. The molecule has 6 amide bonds. The van der Waals surface area contributed by atoms with Crippen molar-refractivity contribution in [1.29, 1.82) is 0 Å². The van der Waals surface area contributed by atoms with Crippen molar-refractivity contribution in [2.45, 2.75) is 88.9 Å². The Morgan fingerprint density at radius 2 is 0.575 bits per heavy atom. The van der Waals surface area contributed by atoms with Gasteiger partial charge in [0, 0.05) is 95.4 Å². The van der Waals surface area contributed by atoms with Crippen LogP contribution < -0.4 is 29.6 Å². The minimum Gasteiger partial charge on any atom is -0.457 e. The van der Waals surface area contributed by atoms with E-state index in [1.165, 1.54) is 0 Å². The van der Waals surface area contributed by atoms with Crippen molar-refractivity contribution in [2.24, 2.45) is 0 Å². The van der Waals surface area contributed by atoms with E-state index >= 15 is 28.8 Å². The normalized spacial score (nSPS) is 17.5. The Bertz CT molecular complexity index is 5330. The maximum Gasteiger partial charge on any atom is 0.262 e. The Balaban J connectivity index is 0.868. The smallest absolute Gasteiger partial charge is 0.262 e. The lowest BCUT2D eigenvalue weighted by Crippen LogP contribution is -2.54. The van der Waals surface area contributed by atoms with Gasteiger partial charge in [-0.25, -0.2) is 0 Å². The Labute approximate surface area is 694 Å². The molecule has 0 aliphatic carbocycles. The topological polar surface area (TPSA) is 226 Å². The Morgan fingerprint density at radius 3 is 0.800 bits per heavy atom. The maximum atomic E-state index is 16.7. The molecule has 4 fully saturated rings. The summed E-state index contributed by atoms with van der Waals surface area (Å²) in [7, 11) is 0. The van der Waals surface area contributed by atoms with E-state index in [0.29, 0.717) is 147 Å². The van der Waals surface area contributed by atoms with Crippen LogP contribution in [0.5, 0.6) is 46.0 Å². The second-order valence-corrected chi connectivity index (χ2v) is 31.9. The molecule has 19 rings (SSSR count). The lowest BCUT2D eigenvalue weighted by atomic mass is 9.80. The molecule has 6 heterocycles. The zero-order chi connectivity index (χ0) is 81.5. The summed E-state index contributed by atoms with van der Waals surface area (Å²) in [6.45, 7) is 10.7. The standard InChI is InChI=1S/C100H90N6O14/c1-3-5-27-81(95(107)101-45-47-103(53-73-57-113-73)54-74-58-114-74)105-97(109)77-49-83(117-69-37-29-65(30-38-69)61-19-11-7-12-20-61)89-91-85(119-71-41-33-67(34-42-71)63-23-15-9-16-24-63)51-79-88-80(100(112)106(99(79)111)82(28-6-4-2)96(108)102-46-48-104(55-75-59-115-75)56-76-60-116-76)52-86(120-72-43-35-68(36-44-72)64-25-17-10-18-26-64)92(94(88)91)90-84(50-78(98(105)110)87(77)93(89)90)118-70-39-31-66(32-40-70)62-21-13-8-14-22-62/h7-26,29-44,49-52,73-76,81-82H,3-6,27-28,45-48,53-60H2,1-2H3,(H,101,107)(H,102,108). The lowest BCUT2D eigenvalue weighted by Gasteiger charge is -2.36. The predicted molar refractivity (Wildman–Crippen MR) is 461 cm³/mol. The van der Waals surface area contributed by atoms with Gasteiger partial charge in [0.05, 0.1) is 73.1 Å². The first-order valence-corrected chi connectivity index (χ1v) is 41.8. The van der Waals surface area contributed by atoms with E-state index in [1.807, 2.05) is 232 Å². The number of fused-ring (bicyclic) bond motifs is 2. The van der Waals surface area contributed by atoms with Crippen LogP contribution in [0.3, 0.4) is 0 Å². The SMILES string of the molecule is CCCCC(C(=O)NCCN(CC1CO1)CC1CO1)N1C(=O)c2cc(Oc3ccc(-c4ccccc4)cc3)c3c4c(Oc5ccc(-c6ccccc6)cc5)cc5c6c(cc(Oc7ccc(-c8ccccc8)cc7)c(c7c(Oc8ccc(-c9ccccc9)cc8)cc(c2c37)C1=O)c64)C(=O)N(C(CCCC)C(=O)NCCN(CC1CO1)CC1CO1)C5=O. The van der Waals surface area contributed by atoms with Crippen LogP contribution in [0.15, 0.2) is 243 Å². The van der Waals surface area contributed by atoms with E-state index in [1.54, 1.807) is 24.3 Å². The molecule has 6 unspecified atom stereocenters. The fourth-order valence-electron chi connectivity index (χ4n) is 17.1. The highest BCUT2D eigenvalue weighted by atomic mass is 16.6. The third-order valence-electron chi connectivity index (χ3n) is 23.5. The number of unbranched alkanes of at least 4 members (excludes halogenated alkanes) is 2. The number of nitrogens with zero attached hydrogens (tertiary/aromatic N) is 4. The summed E-state index contributed by atoms with van der Waals surface area (Å²) < 4.78 is 52.5. The van der Waals surface area contributed by atoms with Crippen molar-refractivity contribution in [2.75, 3.05) is 78.8 Å². The van der Waals surface area contributed by atoms with Gasteiger partial charge in [0.2, 0.25) is 11.8 Å². The first-order valence-electron chi connectivity index (χ1n) is 41.8. The van der Waals surface area contributed by atoms with Crippen molar-refractivity contribution in [1.82, 2.24) is 30.2 Å². The van der Waals surface area contributed by atoms with Crippen LogP contribution in [-0.2, 0) is 28.5 Å². The lowest BCUT2D eigenvalue weighted by molar-refractivity contribution is -0.126. The zero-order valence-electron chi connectivity index (χ0n) is 66.8. The number of rotatable bonds is 36. The van der Waals surface area contributed by atoms with Gasteiger partial charge in [-0.3, -0.25) is 48.4 Å². The number of epoxide rings is 4. The Kier molecular flexibility index (Phi) is 21.6. The zero-order valence-corrected chi connectivity index (χ0v) is 66.8. The average Bonchev–Trinajstić information content (AvgIpc) is 0.802. The van der Waals surface area contributed by atoms with Gasteiger partial charge < -0.3 is 48.5 Å². The van der Waals surface area contributed by atoms with Crippen molar-refractivity contribution < 1.29 is 66.7 Å². The highest BCUT2D eigenvalue weighted by molar-refractivity contribution is 6.45. The number of carbonyl (C=O) groups excluding carboxylic acids is 6. The van der Waals surface area contributed by atoms with Crippen LogP contribution in [0.4, 0.5) is 0 Å². The Morgan fingerprint density at radius 1 is 0.342 bits per heavy atom. The quantitative estimate of drug-likeness (QED) is 0.0161. The minimum atomic E-state index is -1.29. The number of imide groups is 2. The molecule has 0 bridgehead atoms. The first-order chi connectivity index (χ1) is 58.9. The maximum absolute atomic E-state index is 16.7. The summed E-state index contributed by atoms with van der Waals surface area (Å²) in [4.78, 5) is 104. The van der Waals surface area contributed by atoms with Gasteiger partial charge in [-0.05, 0) is 130 Å². The molecule has 2 N–H and O–H groups in total. The molecular formula is C100H90N6O14. The second-order valence-electron chi connectivity index (χ2n) is 31.9. The van der Waals surface area contributed by atoms with E-state index < -0.39 is 47.5 Å². The average molecular weight is 1600 g/mol. The van der Waals surface area contributed by atoms with Gasteiger partial charge in [0.25, 0.3) is 23.6 Å². The summed E-state index contributed by atoms with van der Waals surface area (Å²) in [5.41, 5.74) is 7.62. The van der Waals surface area contributed by atoms with Gasteiger partial charge in [-0.1, -0.05) is 209 Å². The third kappa shape index (κ3) is 16.0. The van der Waals surface area contributed by atoms with Crippen molar-refractivity contribution in [3.63, 3.8) is 0 Å². The second kappa shape index (κ2) is 33.6. The van der Waals surface area contributed by atoms with Crippen LogP contribution in [-0.4, -0.2) is 170 Å². The highest BCUT2D eigenvalue weighted by Gasteiger charge is 2.47. The summed E-state index contributed by atoms with van der Waals surface area (Å²) in [6, 6.07) is 74.2. The van der Waals surface area contributed by atoms with Crippen molar-refractivity contribution in [3.8, 4) is 90.5 Å². The number of benzene rings is 13. The van der Waals surface area contributed by atoms with Gasteiger partial charge in [0.15, 0.2) is 0 Å². The van der Waals surface area contributed by atoms with Crippen LogP contribution in [0.1, 0.15) is 93.8 Å². The molecule has 13 aromatic rings. The molecule has 604 valence electrons. The van der Waals surface area contributed by atoms with E-state index in [9.17, 15) is 0 Å². The molecule has 20 heteroatoms. The fourth-order valence-corrected chi connectivity index (χ4v) is 17.1. The monoisotopic (exact) mass is 1600 g/mol. The molecule has 120 heavy (non-hydrogen) atoms. The number of ether oxygens (including phenoxy) is 8. The molecule has 0 radical (unpaired) electrons. The molecule has 6 atom stereocenters. The number of hydrogen-bond donors (Lipinski definition) is 2. The predicted octanol–water partition coefficient (Wildman–Crippen LogP) is 18.3. The fraction of sp³-hybridized carbons (Fsp3) is 0.260. The third-order valence-corrected chi connectivity index (χ3v) is 23.5. The van der Waals surface area contributed by atoms with E-state index in [4.69, 9.17) is 37.9 Å². The van der Waals surface area contributed by atoms with E-state index in [0.717, 1.165) is 54.3 Å². The molecule has 13 aromatic carbocycles. The van der Waals surface area contributed by atoms with Gasteiger partial charge >= 0.3 is 0 Å². The van der Waals surface area contributed by atoms with E-state index in [2.05, 4.69) is 20.4 Å². The van der Waals surface area contributed by atoms with Gasteiger partial charge in [-0.15, -0.1) is 0 Å². The molecule has 0 saturated carbocycles. The van der Waals surface area contributed by atoms with Crippen molar-refractivity contribution in [3.05, 3.63) is 265 Å². The number of hydrogen-bond acceptors (Lipinski definition) is 16. The number of carbonyl (C=O) groups is 6. The summed E-state index contributed by atoms with van der Waals surface area (Å²) in [6.07, 6.45) is 2.91. The van der Waals surface area contributed by atoms with Crippen LogP contribution in [0.2, 0.25) is 0 Å². The molecule has 4 saturated heterocycles. The number of nitrogens with one attached hydrogen (secondary N) is 2. The Hall–Kier alpha value is -12.7. The molecular weight excluding hydrogens is 1510 g/mol. The van der Waals surface area contributed by atoms with Crippen LogP contribution in [0.25, 0.3) is 87.6 Å². The number of amides is 6. The summed E-state index contributed by atoms with van der Waals surface area (Å²) >= 11 is 0. The summed E-state index contributed by atoms with van der Waals surface area (Å²) in [5, 5.41) is 8.56. The van der Waals surface area contributed by atoms with Gasteiger partial charge in [0.1, 0.15) is 58.1 Å². The molecule has 6 aliphatic heterocycles. The minimum absolute atomic E-state index is 0.0413. The van der Waals surface area contributed by atoms with Crippen LogP contribution in [0, 0.1) is 0 Å². The molecule has 6 aliphatic rings. The summed E-state index contributed by atoms with van der Waals surface area (Å²) in [5.74, 6) is -2.15. The molecule has 0 aromatic heterocycles. The van der Waals surface area contributed by atoms with Gasteiger partial charge in [-0.2, -0.15) is 0 Å².